The second kappa shape index (κ2) is 7.05. The topological polar surface area (TPSA) is 48.0 Å². The fraction of sp³-hybridized carbons (Fsp3) is 0.350. The first-order chi connectivity index (χ1) is 12.1. The van der Waals surface area contributed by atoms with Crippen molar-refractivity contribution in [1.82, 2.24) is 0 Å². The number of likely N-dealkylation sites (N-methyl/N-ethyl adjacent to an activating group) is 1. The first kappa shape index (κ1) is 17.1. The molecular formula is C20H23NO4. The minimum Gasteiger partial charge on any atom is -0.496 e. The van der Waals surface area contributed by atoms with Gasteiger partial charge in [-0.15, -0.1) is 0 Å². The molecule has 0 spiro atoms. The van der Waals surface area contributed by atoms with E-state index in [1.165, 1.54) is 0 Å². The fourth-order valence-electron chi connectivity index (χ4n) is 3.46. The van der Waals surface area contributed by atoms with Crippen molar-refractivity contribution in [2.45, 2.75) is 19.3 Å². The largest absolute Gasteiger partial charge is 0.496 e. The molecule has 2 aromatic rings. The van der Waals surface area contributed by atoms with Crippen LogP contribution in [0.3, 0.4) is 0 Å². The Morgan fingerprint density at radius 2 is 1.60 bits per heavy atom. The van der Waals surface area contributed by atoms with Crippen LogP contribution in [0.4, 0.5) is 5.69 Å². The highest BCUT2D eigenvalue weighted by atomic mass is 16.5. The Labute approximate surface area is 148 Å². The zero-order valence-electron chi connectivity index (χ0n) is 15.0. The molecule has 2 aromatic carbocycles. The van der Waals surface area contributed by atoms with E-state index >= 15 is 0 Å². The van der Waals surface area contributed by atoms with Crippen LogP contribution in [0, 0.1) is 0 Å². The number of fused-ring (bicyclic) bond motifs is 1. The van der Waals surface area contributed by atoms with Crippen LogP contribution < -0.4 is 19.1 Å². The van der Waals surface area contributed by atoms with Gasteiger partial charge in [0.1, 0.15) is 5.75 Å². The van der Waals surface area contributed by atoms with Gasteiger partial charge < -0.3 is 19.1 Å². The van der Waals surface area contributed by atoms with E-state index in [2.05, 4.69) is 0 Å². The number of hydrogen-bond donors (Lipinski definition) is 0. The minimum atomic E-state index is -0.219. The number of benzene rings is 2. The lowest BCUT2D eigenvalue weighted by Gasteiger charge is -2.17. The molecule has 0 bridgehead atoms. The van der Waals surface area contributed by atoms with Crippen LogP contribution in [0.15, 0.2) is 36.4 Å². The lowest BCUT2D eigenvalue weighted by Crippen LogP contribution is -2.29. The zero-order chi connectivity index (χ0) is 18.0. The molecule has 5 heteroatoms. The van der Waals surface area contributed by atoms with Crippen molar-refractivity contribution in [3.8, 4) is 17.2 Å². The Bertz CT molecular complexity index is 787. The number of carbonyl (C=O) groups is 1. The number of rotatable bonds is 6. The zero-order valence-corrected chi connectivity index (χ0v) is 15.0. The van der Waals surface area contributed by atoms with E-state index < -0.39 is 0 Å². The average molecular weight is 341 g/mol. The van der Waals surface area contributed by atoms with Crippen LogP contribution >= 0.6 is 0 Å². The summed E-state index contributed by atoms with van der Waals surface area (Å²) < 4.78 is 16.3. The van der Waals surface area contributed by atoms with Crippen molar-refractivity contribution in [3.05, 3.63) is 47.5 Å². The molecule has 25 heavy (non-hydrogen) atoms. The normalized spacial score (nSPS) is 15.9. The van der Waals surface area contributed by atoms with E-state index in [0.717, 1.165) is 16.8 Å². The second-order valence-corrected chi connectivity index (χ2v) is 5.92. The first-order valence-electron chi connectivity index (χ1n) is 8.33. The van der Waals surface area contributed by atoms with Crippen LogP contribution in [0.1, 0.15) is 24.0 Å². The molecule has 1 aliphatic heterocycles. The van der Waals surface area contributed by atoms with Crippen LogP contribution in [0.25, 0.3) is 0 Å². The lowest BCUT2D eigenvalue weighted by molar-refractivity contribution is -0.119. The molecule has 1 atom stereocenters. The summed E-state index contributed by atoms with van der Waals surface area (Å²) in [5.74, 6) is 1.84. The van der Waals surface area contributed by atoms with Gasteiger partial charge in [0.2, 0.25) is 5.91 Å². The van der Waals surface area contributed by atoms with Gasteiger partial charge in [-0.25, -0.2) is 0 Å². The van der Waals surface area contributed by atoms with E-state index in [0.29, 0.717) is 30.2 Å². The van der Waals surface area contributed by atoms with Crippen LogP contribution in [-0.2, 0) is 11.2 Å². The maximum atomic E-state index is 12.9. The van der Waals surface area contributed by atoms with E-state index in [4.69, 9.17) is 14.2 Å². The molecule has 0 fully saturated rings. The molecule has 0 saturated heterocycles. The van der Waals surface area contributed by atoms with Gasteiger partial charge in [0.15, 0.2) is 11.5 Å². The lowest BCUT2D eigenvalue weighted by atomic mass is 9.92. The highest BCUT2D eigenvalue weighted by Crippen LogP contribution is 2.42. The summed E-state index contributed by atoms with van der Waals surface area (Å²) in [5, 5.41) is 0. The summed E-state index contributed by atoms with van der Waals surface area (Å²) in [6.45, 7) is 2.66. The van der Waals surface area contributed by atoms with Gasteiger partial charge in [-0.05, 0) is 36.6 Å². The molecule has 0 aromatic heterocycles. The number of nitrogens with zero attached hydrogens (tertiary/aromatic N) is 1. The predicted molar refractivity (Wildman–Crippen MR) is 97.0 cm³/mol. The third-order valence-electron chi connectivity index (χ3n) is 4.69. The van der Waals surface area contributed by atoms with Gasteiger partial charge in [0, 0.05) is 18.3 Å². The molecule has 5 nitrogen and oxygen atoms in total. The maximum Gasteiger partial charge on any atom is 0.234 e. The highest BCUT2D eigenvalue weighted by Gasteiger charge is 2.36. The van der Waals surface area contributed by atoms with E-state index in [-0.39, 0.29) is 11.8 Å². The number of carbonyl (C=O) groups excluding carboxylic acids is 1. The molecule has 1 heterocycles. The summed E-state index contributed by atoms with van der Waals surface area (Å²) >= 11 is 0. The van der Waals surface area contributed by atoms with Gasteiger partial charge in [-0.2, -0.15) is 0 Å². The Kier molecular flexibility index (Phi) is 4.83. The maximum absolute atomic E-state index is 12.9. The average Bonchev–Trinajstić information content (AvgIpc) is 2.92. The van der Waals surface area contributed by atoms with E-state index in [9.17, 15) is 4.79 Å². The predicted octanol–water partition coefficient (Wildman–Crippen LogP) is 3.41. The summed E-state index contributed by atoms with van der Waals surface area (Å²) in [6.07, 6.45) is 0.551. The van der Waals surface area contributed by atoms with Crippen molar-refractivity contribution in [2.75, 3.05) is 32.8 Å². The van der Waals surface area contributed by atoms with Gasteiger partial charge in [0.05, 0.1) is 27.2 Å². The van der Waals surface area contributed by atoms with E-state index in [1.807, 2.05) is 42.2 Å². The van der Waals surface area contributed by atoms with Gasteiger partial charge >= 0.3 is 0 Å². The van der Waals surface area contributed by atoms with Crippen molar-refractivity contribution in [3.63, 3.8) is 0 Å². The molecular weight excluding hydrogens is 318 g/mol. The Morgan fingerprint density at radius 1 is 0.960 bits per heavy atom. The van der Waals surface area contributed by atoms with Crippen molar-refractivity contribution < 1.29 is 19.0 Å². The van der Waals surface area contributed by atoms with Crippen LogP contribution in [0.2, 0.25) is 0 Å². The molecule has 0 aliphatic carbocycles. The minimum absolute atomic E-state index is 0.125. The molecule has 1 aliphatic rings. The molecule has 0 radical (unpaired) electrons. The van der Waals surface area contributed by atoms with Gasteiger partial charge in [0.25, 0.3) is 0 Å². The number of methoxy groups -OCH3 is 3. The summed E-state index contributed by atoms with van der Waals surface area (Å²) in [6, 6.07) is 11.7. The van der Waals surface area contributed by atoms with Gasteiger partial charge in [-0.3, -0.25) is 4.79 Å². The van der Waals surface area contributed by atoms with Gasteiger partial charge in [-0.1, -0.05) is 18.2 Å². The standard InChI is InChI=1S/C20H23NO4/c1-5-21-16-9-7-6-8-14(16)15(20(21)22)10-13-11-18(24-3)19(25-4)12-17(13)23-2/h6-9,11-12,15H,5,10H2,1-4H3. The Morgan fingerprint density at radius 3 is 2.24 bits per heavy atom. The van der Waals surface area contributed by atoms with Crippen molar-refractivity contribution >= 4 is 11.6 Å². The molecule has 0 N–H and O–H groups in total. The third-order valence-corrected chi connectivity index (χ3v) is 4.69. The number of anilines is 1. The second-order valence-electron chi connectivity index (χ2n) is 5.92. The molecule has 0 saturated carbocycles. The smallest absolute Gasteiger partial charge is 0.234 e. The number of amides is 1. The monoisotopic (exact) mass is 341 g/mol. The molecule has 132 valence electrons. The highest BCUT2D eigenvalue weighted by molar-refractivity contribution is 6.05. The Balaban J connectivity index is 2.01. The third kappa shape index (κ3) is 2.90. The first-order valence-corrected chi connectivity index (χ1v) is 8.33. The van der Waals surface area contributed by atoms with Crippen LogP contribution in [0.5, 0.6) is 17.2 Å². The van der Waals surface area contributed by atoms with Crippen molar-refractivity contribution in [1.29, 1.82) is 0 Å². The summed E-state index contributed by atoms with van der Waals surface area (Å²) in [7, 11) is 4.81. The number of para-hydroxylation sites is 1. The molecule has 3 rings (SSSR count). The molecule has 1 unspecified atom stereocenters. The Hall–Kier alpha value is -2.69. The molecule has 1 amide bonds. The van der Waals surface area contributed by atoms with Crippen LogP contribution in [-0.4, -0.2) is 33.8 Å². The number of ether oxygens (including phenoxy) is 3. The van der Waals surface area contributed by atoms with Crippen molar-refractivity contribution in [2.24, 2.45) is 0 Å². The fourth-order valence-corrected chi connectivity index (χ4v) is 3.46. The quantitative estimate of drug-likeness (QED) is 0.808. The number of hydrogen-bond acceptors (Lipinski definition) is 4. The van der Waals surface area contributed by atoms with E-state index in [1.54, 1.807) is 27.4 Å². The SMILES string of the molecule is CCN1C(=O)C(Cc2cc(OC)c(OC)cc2OC)c2ccccc21. The summed E-state index contributed by atoms with van der Waals surface area (Å²) in [4.78, 5) is 14.7. The summed E-state index contributed by atoms with van der Waals surface area (Å²) in [5.41, 5.74) is 2.98.